The van der Waals surface area contributed by atoms with E-state index >= 15 is 0 Å². The lowest BCUT2D eigenvalue weighted by atomic mass is 9.45. The molecule has 0 unspecified atom stereocenters. The quantitative estimate of drug-likeness (QED) is 0.738. The van der Waals surface area contributed by atoms with Gasteiger partial charge in [-0.2, -0.15) is 0 Å². The normalized spacial score (nSPS) is 49.6. The molecule has 5 rings (SSSR count). The van der Waals surface area contributed by atoms with Crippen LogP contribution in [-0.4, -0.2) is 36.5 Å². The van der Waals surface area contributed by atoms with Gasteiger partial charge in [0.05, 0.1) is 5.71 Å². The topological polar surface area (TPSA) is 67.8 Å². The van der Waals surface area contributed by atoms with E-state index in [1.165, 1.54) is 0 Å². The Morgan fingerprint density at radius 3 is 2.68 bits per heavy atom. The van der Waals surface area contributed by atoms with Crippen molar-refractivity contribution in [3.05, 3.63) is 0 Å². The summed E-state index contributed by atoms with van der Waals surface area (Å²) in [5.74, 6) is 2.38. The molecule has 1 heterocycles. The van der Waals surface area contributed by atoms with Gasteiger partial charge in [-0.3, -0.25) is 9.59 Å². The third kappa shape index (κ3) is 2.72. The molecule has 7 atom stereocenters. The Bertz CT molecular complexity index is 713. The molecule has 4 saturated carbocycles. The van der Waals surface area contributed by atoms with Crippen molar-refractivity contribution < 1.29 is 14.4 Å². The Morgan fingerprint density at radius 1 is 1.04 bits per heavy atom. The molecule has 1 N–H and O–H groups in total. The Labute approximate surface area is 168 Å². The standard InChI is InChI=1S/C23H34N2O3/c1-22-8-5-14(25-28-15-7-10-24-13-15)11-19(22)20(26)12-16-17-3-4-21(27)23(17,2)9-6-18(16)22/h15-19,24H,3-13H2,1-2H3/b25-14+/t15-,16-,17-,18-,19+,22+,23-/m0/s1. The second-order valence-corrected chi connectivity index (χ2v) is 10.6. The third-order valence-corrected chi connectivity index (χ3v) is 9.35. The van der Waals surface area contributed by atoms with E-state index < -0.39 is 0 Å². The Hall–Kier alpha value is -1.23. The maximum atomic E-state index is 13.3. The van der Waals surface area contributed by atoms with Crippen LogP contribution in [0.1, 0.15) is 71.6 Å². The molecule has 5 nitrogen and oxygen atoms in total. The number of nitrogens with one attached hydrogen (secondary N) is 1. The predicted molar refractivity (Wildman–Crippen MR) is 107 cm³/mol. The van der Waals surface area contributed by atoms with Gasteiger partial charge in [-0.25, -0.2) is 0 Å². The monoisotopic (exact) mass is 386 g/mol. The van der Waals surface area contributed by atoms with E-state index in [4.69, 9.17) is 4.84 Å². The molecule has 0 aromatic rings. The number of hydrogen-bond donors (Lipinski definition) is 1. The highest BCUT2D eigenvalue weighted by atomic mass is 16.6. The molecule has 5 aliphatic rings. The van der Waals surface area contributed by atoms with Crippen molar-refractivity contribution in [2.75, 3.05) is 13.1 Å². The van der Waals surface area contributed by atoms with Gasteiger partial charge in [-0.15, -0.1) is 0 Å². The second kappa shape index (κ2) is 6.65. The van der Waals surface area contributed by atoms with Gasteiger partial charge in [0.15, 0.2) is 0 Å². The van der Waals surface area contributed by atoms with E-state index in [-0.39, 0.29) is 22.9 Å². The zero-order valence-corrected chi connectivity index (χ0v) is 17.3. The predicted octanol–water partition coefficient (Wildman–Crippen LogP) is 3.51. The molecule has 28 heavy (non-hydrogen) atoms. The van der Waals surface area contributed by atoms with Crippen molar-refractivity contribution in [1.82, 2.24) is 5.32 Å². The number of Topliss-reactive ketones (excluding diaryl/α,β-unsaturated/α-hetero) is 2. The van der Waals surface area contributed by atoms with E-state index in [0.717, 1.165) is 70.2 Å². The number of fused-ring (bicyclic) bond motifs is 5. The highest BCUT2D eigenvalue weighted by Crippen LogP contribution is 2.64. The fraction of sp³-hybridized carbons (Fsp3) is 0.870. The Balaban J connectivity index is 1.35. The first-order valence-corrected chi connectivity index (χ1v) is 11.4. The van der Waals surface area contributed by atoms with E-state index in [1.807, 2.05) is 0 Å². The molecule has 0 amide bonds. The molecule has 154 valence electrons. The van der Waals surface area contributed by atoms with E-state index in [2.05, 4.69) is 24.3 Å². The maximum absolute atomic E-state index is 13.3. The summed E-state index contributed by atoms with van der Waals surface area (Å²) in [6.07, 6.45) is 8.50. The molecule has 0 radical (unpaired) electrons. The van der Waals surface area contributed by atoms with Crippen LogP contribution >= 0.6 is 0 Å². The van der Waals surface area contributed by atoms with Crippen LogP contribution in [0.5, 0.6) is 0 Å². The van der Waals surface area contributed by atoms with Crippen molar-refractivity contribution in [2.45, 2.75) is 77.7 Å². The number of carbonyl (C=O) groups excluding carboxylic acids is 2. The minimum atomic E-state index is -0.158. The number of rotatable bonds is 2. The fourth-order valence-corrected chi connectivity index (χ4v) is 7.57. The van der Waals surface area contributed by atoms with Crippen LogP contribution in [0.15, 0.2) is 5.16 Å². The molecular formula is C23H34N2O3. The van der Waals surface area contributed by atoms with Gasteiger partial charge >= 0.3 is 0 Å². The van der Waals surface area contributed by atoms with Crippen LogP contribution in [-0.2, 0) is 14.4 Å². The first kappa shape index (κ1) is 18.8. The SMILES string of the molecule is C[C@]12CC/C(=N\O[C@H]3CCNC3)C[C@@H]1C(=O)C[C@@H]1[C@@H]2CC[C@]2(C)C(=O)CC[C@@H]12. The molecule has 0 aromatic carbocycles. The molecule has 0 aromatic heterocycles. The number of nitrogens with zero attached hydrogens (tertiary/aromatic N) is 1. The first-order valence-electron chi connectivity index (χ1n) is 11.4. The first-order chi connectivity index (χ1) is 13.4. The van der Waals surface area contributed by atoms with Gasteiger partial charge in [0.1, 0.15) is 17.7 Å². The summed E-state index contributed by atoms with van der Waals surface area (Å²) in [6.45, 7) is 6.42. The van der Waals surface area contributed by atoms with Crippen molar-refractivity contribution in [2.24, 2.45) is 39.7 Å². The summed E-state index contributed by atoms with van der Waals surface area (Å²) >= 11 is 0. The van der Waals surface area contributed by atoms with Gasteiger partial charge in [0.25, 0.3) is 0 Å². The molecule has 0 bridgehead atoms. The number of ketones is 2. The average Bonchev–Trinajstić information content (AvgIpc) is 3.29. The van der Waals surface area contributed by atoms with Crippen molar-refractivity contribution in [3.8, 4) is 0 Å². The van der Waals surface area contributed by atoms with Crippen molar-refractivity contribution >= 4 is 17.3 Å². The fourth-order valence-electron chi connectivity index (χ4n) is 7.57. The molecule has 5 fully saturated rings. The van der Waals surface area contributed by atoms with Gasteiger partial charge in [-0.1, -0.05) is 19.0 Å². The zero-order chi connectivity index (χ0) is 19.5. The summed E-state index contributed by atoms with van der Waals surface area (Å²) in [4.78, 5) is 31.6. The lowest BCUT2D eigenvalue weighted by molar-refractivity contribution is -0.152. The van der Waals surface area contributed by atoms with Crippen molar-refractivity contribution in [1.29, 1.82) is 0 Å². The molecule has 1 saturated heterocycles. The minimum absolute atomic E-state index is 0.0703. The van der Waals surface area contributed by atoms with Crippen LogP contribution in [0.3, 0.4) is 0 Å². The van der Waals surface area contributed by atoms with Gasteiger partial charge in [-0.05, 0) is 68.2 Å². The van der Waals surface area contributed by atoms with Gasteiger partial charge in [0.2, 0.25) is 0 Å². The summed E-state index contributed by atoms with van der Waals surface area (Å²) in [6, 6.07) is 0. The number of oxime groups is 1. The molecule has 1 aliphatic heterocycles. The molecular weight excluding hydrogens is 352 g/mol. The van der Waals surface area contributed by atoms with Crippen molar-refractivity contribution in [3.63, 3.8) is 0 Å². The van der Waals surface area contributed by atoms with E-state index in [1.54, 1.807) is 0 Å². The third-order valence-electron chi connectivity index (χ3n) is 9.35. The van der Waals surface area contributed by atoms with Crippen LogP contribution in [0, 0.1) is 34.5 Å². The highest BCUT2D eigenvalue weighted by molar-refractivity contribution is 5.93. The van der Waals surface area contributed by atoms with Crippen LogP contribution in [0.25, 0.3) is 0 Å². The summed E-state index contributed by atoms with van der Waals surface area (Å²) in [5.41, 5.74) is 0.994. The van der Waals surface area contributed by atoms with Crippen LogP contribution < -0.4 is 5.32 Å². The molecule has 5 heteroatoms. The lowest BCUT2D eigenvalue weighted by Crippen LogP contribution is -2.56. The zero-order valence-electron chi connectivity index (χ0n) is 17.3. The van der Waals surface area contributed by atoms with Crippen LogP contribution in [0.2, 0.25) is 0 Å². The minimum Gasteiger partial charge on any atom is -0.391 e. The molecule has 4 aliphatic carbocycles. The van der Waals surface area contributed by atoms with Crippen LogP contribution in [0.4, 0.5) is 0 Å². The van der Waals surface area contributed by atoms with E-state index in [0.29, 0.717) is 35.7 Å². The number of hydrogen-bond acceptors (Lipinski definition) is 5. The second-order valence-electron chi connectivity index (χ2n) is 10.6. The van der Waals surface area contributed by atoms with E-state index in [9.17, 15) is 9.59 Å². The summed E-state index contributed by atoms with van der Waals surface area (Å²) in [7, 11) is 0. The number of carbonyl (C=O) groups is 2. The summed E-state index contributed by atoms with van der Waals surface area (Å²) in [5, 5.41) is 7.78. The molecule has 0 spiro atoms. The maximum Gasteiger partial charge on any atom is 0.141 e. The lowest BCUT2D eigenvalue weighted by Gasteiger charge is -2.58. The Morgan fingerprint density at radius 2 is 1.89 bits per heavy atom. The largest absolute Gasteiger partial charge is 0.391 e. The van der Waals surface area contributed by atoms with Gasteiger partial charge in [0, 0.05) is 37.1 Å². The summed E-state index contributed by atoms with van der Waals surface area (Å²) < 4.78 is 0. The van der Waals surface area contributed by atoms with Gasteiger partial charge < -0.3 is 10.2 Å². The Kier molecular flexibility index (Phi) is 4.46. The smallest absolute Gasteiger partial charge is 0.141 e. The average molecular weight is 387 g/mol. The highest BCUT2D eigenvalue weighted by Gasteiger charge is 2.62.